The van der Waals surface area contributed by atoms with Crippen molar-refractivity contribution < 1.29 is 29.6 Å². The van der Waals surface area contributed by atoms with Crippen molar-refractivity contribution in [1.82, 2.24) is 18.7 Å². The normalized spacial score (nSPS) is 16.2. The summed E-state index contributed by atoms with van der Waals surface area (Å²) in [5.41, 5.74) is 13.3. The summed E-state index contributed by atoms with van der Waals surface area (Å²) in [5.74, 6) is 1.83. The number of hydrogen-bond acceptors (Lipinski definition) is 2. The van der Waals surface area contributed by atoms with E-state index in [4.69, 9.17) is 15.2 Å². The first kappa shape index (κ1) is 38.5. The number of rotatable bonds is 7. The first-order valence-corrected chi connectivity index (χ1v) is 24.3. The smallest absolute Gasteiger partial charge is 0.239 e. The van der Waals surface area contributed by atoms with E-state index >= 15 is 0 Å². The Labute approximate surface area is 410 Å². The van der Waals surface area contributed by atoms with Crippen molar-refractivity contribution >= 4 is 32.8 Å². The van der Waals surface area contributed by atoms with E-state index in [2.05, 4.69) is 192 Å². The van der Waals surface area contributed by atoms with Gasteiger partial charge in [0.1, 0.15) is 0 Å². The van der Waals surface area contributed by atoms with Crippen LogP contribution in [0.1, 0.15) is 101 Å². The van der Waals surface area contributed by atoms with Gasteiger partial charge in [-0.05, 0) is 29.2 Å². The van der Waals surface area contributed by atoms with Gasteiger partial charge in [0.05, 0.1) is 5.48 Å². The van der Waals surface area contributed by atoms with Crippen molar-refractivity contribution in [2.75, 3.05) is 0 Å². The third-order valence-corrected chi connectivity index (χ3v) is 14.5. The van der Waals surface area contributed by atoms with Crippen LogP contribution in [0.15, 0.2) is 164 Å². The first-order chi connectivity index (χ1) is 34.0. The summed E-state index contributed by atoms with van der Waals surface area (Å²) in [4.78, 5) is 4.77. The molecule has 0 saturated carbocycles. The number of fused-ring (bicyclic) bond motifs is 5. The number of hydrogen-bond donors (Lipinski definition) is 0. The van der Waals surface area contributed by atoms with Gasteiger partial charge in [-0.1, -0.05) is 38.9 Å². The van der Waals surface area contributed by atoms with Gasteiger partial charge in [-0.2, -0.15) is 0 Å². The molecule has 5 nitrogen and oxygen atoms in total. The fraction of sp³-hybridized carbons (Fsp3) is 0.213. The molecule has 11 rings (SSSR count). The molecule has 67 heavy (non-hydrogen) atoms. The second-order valence-corrected chi connectivity index (χ2v) is 20.9. The summed E-state index contributed by atoms with van der Waals surface area (Å²) in [6, 6.07) is 53.4. The fourth-order valence-electron chi connectivity index (χ4n) is 9.89. The molecule has 0 N–H and O–H groups in total. The SMILES string of the molecule is [2H]c1c([2H])c([2H])c2c(c1[2H])c1ccc(Oc3[c-]c4c(cc3)C(C)CCC4n3[c](=[Pt])n(-c4c(-c5ccccc5)cc(C(C)(C)C)cc4-c4ccccc4)c4ccccc43)[c-]c1n2-c1cc(C(C)(C)C)ccn1. The van der Waals surface area contributed by atoms with Gasteiger partial charge in [-0.25, -0.2) is 4.98 Å². The van der Waals surface area contributed by atoms with E-state index in [0.717, 1.165) is 55.6 Å². The van der Waals surface area contributed by atoms with Crippen molar-refractivity contribution in [3.05, 3.63) is 202 Å². The molecule has 336 valence electrons. The molecule has 0 radical (unpaired) electrons. The molecule has 2 unspecified atom stereocenters. The van der Waals surface area contributed by atoms with Crippen LogP contribution in [0.2, 0.25) is 0 Å². The molecule has 1 aliphatic carbocycles. The van der Waals surface area contributed by atoms with E-state index in [1.165, 1.54) is 22.3 Å². The van der Waals surface area contributed by atoms with Gasteiger partial charge in [-0.15, -0.1) is 0 Å². The van der Waals surface area contributed by atoms with Gasteiger partial charge in [-0.3, -0.25) is 0 Å². The molecule has 7 aromatic carbocycles. The Balaban J connectivity index is 1.08. The second kappa shape index (κ2) is 16.6. The van der Waals surface area contributed by atoms with Crippen LogP contribution in [-0.4, -0.2) is 18.7 Å². The van der Waals surface area contributed by atoms with Crippen LogP contribution in [0.25, 0.3) is 66.6 Å². The minimum Gasteiger partial charge on any atom is -0.239 e. The molecular formula is C61H54N4OPt-2. The summed E-state index contributed by atoms with van der Waals surface area (Å²) >= 11 is 2.56. The quantitative estimate of drug-likeness (QED) is 0.149. The Bertz CT molecular complexity index is 3740. The molecule has 3 aromatic heterocycles. The monoisotopic (exact) mass is 1060 g/mol. The molecule has 3 heterocycles. The summed E-state index contributed by atoms with van der Waals surface area (Å²) in [7, 11) is 0. The summed E-state index contributed by atoms with van der Waals surface area (Å²) in [6.07, 6.45) is 3.67. The minimum atomic E-state index is -0.301. The molecule has 10 aromatic rings. The van der Waals surface area contributed by atoms with Crippen LogP contribution in [0.4, 0.5) is 0 Å². The van der Waals surface area contributed by atoms with Gasteiger partial charge in [0.25, 0.3) is 0 Å². The van der Waals surface area contributed by atoms with Gasteiger partial charge in [0.15, 0.2) is 0 Å². The topological polar surface area (TPSA) is 36.9 Å². The third-order valence-electron chi connectivity index (χ3n) is 13.5. The van der Waals surface area contributed by atoms with Crippen LogP contribution >= 0.6 is 0 Å². The number of para-hydroxylation sites is 3. The van der Waals surface area contributed by atoms with E-state index in [9.17, 15) is 0 Å². The fourth-order valence-corrected chi connectivity index (χ4v) is 11.0. The number of aromatic nitrogens is 4. The minimum absolute atomic E-state index is 0.0585. The molecule has 0 spiro atoms. The van der Waals surface area contributed by atoms with E-state index < -0.39 is 0 Å². The van der Waals surface area contributed by atoms with Gasteiger partial charge < -0.3 is 0 Å². The van der Waals surface area contributed by atoms with Crippen LogP contribution in [-0.2, 0) is 30.2 Å². The Kier molecular flexibility index (Phi) is 9.58. The summed E-state index contributed by atoms with van der Waals surface area (Å²) < 4.78 is 50.0. The van der Waals surface area contributed by atoms with E-state index in [1.54, 1.807) is 10.8 Å². The number of ether oxygens (including phenoxy) is 1. The van der Waals surface area contributed by atoms with Crippen LogP contribution in [0.5, 0.6) is 11.5 Å². The Morgan fingerprint density at radius 3 is 1.96 bits per heavy atom. The Hall–Kier alpha value is -6.55. The van der Waals surface area contributed by atoms with E-state index in [-0.39, 0.29) is 41.0 Å². The van der Waals surface area contributed by atoms with Gasteiger partial charge >= 0.3 is 328 Å². The summed E-state index contributed by atoms with van der Waals surface area (Å²) in [6.45, 7) is 15.6. The van der Waals surface area contributed by atoms with Crippen LogP contribution in [0, 0.1) is 15.9 Å². The summed E-state index contributed by atoms with van der Waals surface area (Å²) in [5, 5.41) is 1.05. The molecule has 1 aliphatic rings. The van der Waals surface area contributed by atoms with Crippen LogP contribution in [0.3, 0.4) is 0 Å². The standard InChI is InChI=1S/C61H54N4O.Pt/c1-40-26-31-53(52-37-45(27-29-47(40)52)66-46-28-30-49-48-22-14-15-23-54(48)65(57(49)38-46)58-36-43(32-33-62-58)60(2,3)4)63-39-64(56-25-17-16-24-55(56)63)59-50(41-18-10-8-11-19-41)34-44(61(5,6)7)35-51(59)42-20-12-9-13-21-42;/h8-25,27-30,32-36,40,53H,26,31H2,1-7H3;/q-2;/i14D,15D,22D,23D;. The number of benzene rings is 7. The number of imidazole rings is 1. The zero-order chi connectivity index (χ0) is 49.7. The average molecular weight is 1060 g/mol. The molecule has 0 bridgehead atoms. The van der Waals surface area contributed by atoms with Crippen LogP contribution < -0.4 is 4.74 Å². The molecular weight excluding hydrogens is 1000 g/mol. The molecule has 0 saturated heterocycles. The maximum absolute atomic E-state index is 9.11. The number of nitrogens with zero attached hydrogens (tertiary/aromatic N) is 4. The molecule has 0 aliphatic heterocycles. The predicted octanol–water partition coefficient (Wildman–Crippen LogP) is 15.8. The van der Waals surface area contributed by atoms with Crippen molar-refractivity contribution in [3.63, 3.8) is 0 Å². The predicted molar refractivity (Wildman–Crippen MR) is 271 cm³/mol. The Morgan fingerprint density at radius 2 is 1.27 bits per heavy atom. The third kappa shape index (κ3) is 7.62. The van der Waals surface area contributed by atoms with Gasteiger partial charge in [0.2, 0.25) is 0 Å². The van der Waals surface area contributed by atoms with Crippen molar-refractivity contribution in [2.24, 2.45) is 0 Å². The number of pyridine rings is 1. The molecule has 0 fully saturated rings. The van der Waals surface area contributed by atoms with Crippen molar-refractivity contribution in [1.29, 1.82) is 0 Å². The zero-order valence-corrected chi connectivity index (χ0v) is 41.1. The molecule has 6 heteroatoms. The van der Waals surface area contributed by atoms with E-state index in [0.29, 0.717) is 45.0 Å². The van der Waals surface area contributed by atoms with Crippen molar-refractivity contribution in [3.8, 4) is 45.3 Å². The average Bonchev–Trinajstić information content (AvgIpc) is 3.86. The van der Waals surface area contributed by atoms with E-state index in [1.807, 2.05) is 30.3 Å². The second-order valence-electron chi connectivity index (χ2n) is 19.9. The zero-order valence-electron chi connectivity index (χ0n) is 42.9. The maximum atomic E-state index is 9.11. The van der Waals surface area contributed by atoms with Crippen molar-refractivity contribution in [2.45, 2.75) is 84.1 Å². The molecule has 0 amide bonds. The Morgan fingerprint density at radius 1 is 0.642 bits per heavy atom. The molecule has 2 atom stereocenters. The first-order valence-electron chi connectivity index (χ1n) is 25.1. The van der Waals surface area contributed by atoms with Gasteiger partial charge in [0, 0.05) is 6.20 Å².